The number of hydrogen-bond acceptors (Lipinski definition) is 3. The molecule has 6 nitrogen and oxygen atoms in total. The lowest BCUT2D eigenvalue weighted by molar-refractivity contribution is 0.0915. The van der Waals surface area contributed by atoms with Gasteiger partial charge in [0.25, 0.3) is 5.91 Å². The first kappa shape index (κ1) is 13.4. The number of aryl methyl sites for hydroxylation is 1. The molecule has 1 atom stereocenters. The van der Waals surface area contributed by atoms with Gasteiger partial charge in [-0.25, -0.2) is 0 Å². The lowest BCUT2D eigenvalue weighted by Crippen LogP contribution is -2.37. The van der Waals surface area contributed by atoms with Crippen molar-refractivity contribution in [1.29, 1.82) is 0 Å². The van der Waals surface area contributed by atoms with E-state index in [9.17, 15) is 4.79 Å². The first-order chi connectivity index (χ1) is 9.17. The van der Waals surface area contributed by atoms with Gasteiger partial charge in [-0.1, -0.05) is 6.92 Å². The number of rotatable bonds is 5. The third-order valence-electron chi connectivity index (χ3n) is 3.05. The minimum atomic E-state index is -0.231. The Labute approximate surface area is 111 Å². The molecule has 19 heavy (non-hydrogen) atoms. The predicted molar refractivity (Wildman–Crippen MR) is 71.2 cm³/mol. The molecule has 0 radical (unpaired) electrons. The van der Waals surface area contributed by atoms with Crippen molar-refractivity contribution in [3.8, 4) is 5.82 Å². The van der Waals surface area contributed by atoms with Crippen LogP contribution in [0.1, 0.15) is 23.7 Å². The minimum absolute atomic E-state index is 0.0681. The van der Waals surface area contributed by atoms with Crippen LogP contribution >= 0.6 is 0 Å². The van der Waals surface area contributed by atoms with Crippen molar-refractivity contribution in [2.45, 2.75) is 19.4 Å². The van der Waals surface area contributed by atoms with Crippen LogP contribution < -0.4 is 5.32 Å². The van der Waals surface area contributed by atoms with E-state index in [0.717, 1.165) is 0 Å². The fourth-order valence-electron chi connectivity index (χ4n) is 1.91. The fourth-order valence-corrected chi connectivity index (χ4v) is 1.91. The van der Waals surface area contributed by atoms with E-state index in [4.69, 9.17) is 5.11 Å². The monoisotopic (exact) mass is 262 g/mol. The molecule has 2 rings (SSSR count). The van der Waals surface area contributed by atoms with E-state index in [-0.39, 0.29) is 18.6 Å². The predicted octanol–water partition coefficient (Wildman–Crippen LogP) is 0.711. The Hall–Kier alpha value is -2.08. The minimum Gasteiger partial charge on any atom is -0.394 e. The Balaban J connectivity index is 2.28. The highest BCUT2D eigenvalue weighted by molar-refractivity contribution is 5.97. The van der Waals surface area contributed by atoms with Gasteiger partial charge in [0, 0.05) is 19.4 Å². The molecule has 2 aromatic heterocycles. The molecule has 102 valence electrons. The molecule has 2 N–H and O–H groups in total. The second kappa shape index (κ2) is 5.71. The van der Waals surface area contributed by atoms with Crippen LogP contribution in [0.5, 0.6) is 0 Å². The first-order valence-corrected chi connectivity index (χ1v) is 6.24. The van der Waals surface area contributed by atoms with Gasteiger partial charge in [-0.05, 0) is 18.6 Å². The van der Waals surface area contributed by atoms with E-state index >= 15 is 0 Å². The van der Waals surface area contributed by atoms with Crippen molar-refractivity contribution in [1.82, 2.24) is 19.7 Å². The molecule has 0 saturated carbocycles. The number of carbonyl (C=O) groups is 1. The van der Waals surface area contributed by atoms with Gasteiger partial charge in [0.15, 0.2) is 0 Å². The molecule has 0 aliphatic rings. The molecular formula is C13H18N4O2. The molecule has 0 spiro atoms. The van der Waals surface area contributed by atoms with Crippen LogP contribution in [0.25, 0.3) is 5.82 Å². The van der Waals surface area contributed by atoms with E-state index < -0.39 is 0 Å². The Bertz CT molecular complexity index is 541. The molecule has 1 amide bonds. The molecule has 0 aliphatic heterocycles. The lowest BCUT2D eigenvalue weighted by Gasteiger charge is -2.14. The van der Waals surface area contributed by atoms with Crippen molar-refractivity contribution in [2.24, 2.45) is 7.05 Å². The van der Waals surface area contributed by atoms with Gasteiger partial charge in [0.05, 0.1) is 18.8 Å². The number of amides is 1. The van der Waals surface area contributed by atoms with Crippen LogP contribution in [0.3, 0.4) is 0 Å². The van der Waals surface area contributed by atoms with Crippen LogP contribution in [-0.2, 0) is 7.05 Å². The summed E-state index contributed by atoms with van der Waals surface area (Å²) in [5.74, 6) is 0.480. The molecule has 0 saturated heterocycles. The highest BCUT2D eigenvalue weighted by atomic mass is 16.3. The number of nitrogens with zero attached hydrogens (tertiary/aromatic N) is 3. The zero-order valence-electron chi connectivity index (χ0n) is 11.1. The van der Waals surface area contributed by atoms with Crippen molar-refractivity contribution in [2.75, 3.05) is 6.61 Å². The smallest absolute Gasteiger partial charge is 0.256 e. The summed E-state index contributed by atoms with van der Waals surface area (Å²) in [6.07, 6.45) is 5.93. The van der Waals surface area contributed by atoms with Crippen molar-refractivity contribution in [3.05, 3.63) is 36.3 Å². The zero-order valence-corrected chi connectivity index (χ0v) is 11.1. The third-order valence-corrected chi connectivity index (χ3v) is 3.05. The van der Waals surface area contributed by atoms with Gasteiger partial charge in [-0.2, -0.15) is 5.10 Å². The van der Waals surface area contributed by atoms with Crippen LogP contribution in [0, 0.1) is 0 Å². The van der Waals surface area contributed by atoms with Crippen LogP contribution in [0.15, 0.2) is 30.7 Å². The summed E-state index contributed by atoms with van der Waals surface area (Å²) < 4.78 is 3.48. The van der Waals surface area contributed by atoms with Gasteiger partial charge in [-0.3, -0.25) is 9.48 Å². The normalized spacial score (nSPS) is 12.4. The highest BCUT2D eigenvalue weighted by Crippen LogP contribution is 2.14. The van der Waals surface area contributed by atoms with Gasteiger partial charge in [-0.15, -0.1) is 0 Å². The number of hydrogen-bond donors (Lipinski definition) is 2. The highest BCUT2D eigenvalue weighted by Gasteiger charge is 2.19. The summed E-state index contributed by atoms with van der Waals surface area (Å²) in [5.41, 5.74) is 0.491. The van der Waals surface area contributed by atoms with Crippen molar-refractivity contribution in [3.63, 3.8) is 0 Å². The fraction of sp³-hybridized carbons (Fsp3) is 0.385. The lowest BCUT2D eigenvalue weighted by atomic mass is 10.2. The molecule has 0 unspecified atom stereocenters. The maximum Gasteiger partial charge on any atom is 0.256 e. The van der Waals surface area contributed by atoms with Crippen LogP contribution in [0.4, 0.5) is 0 Å². The maximum atomic E-state index is 12.2. The summed E-state index contributed by atoms with van der Waals surface area (Å²) in [4.78, 5) is 12.2. The summed E-state index contributed by atoms with van der Waals surface area (Å²) >= 11 is 0. The third kappa shape index (κ3) is 2.68. The SMILES string of the molecule is CC[C@H](CO)NC(=O)c1cnn(C)c1-n1cccc1. The molecular weight excluding hydrogens is 244 g/mol. The van der Waals surface area contributed by atoms with Gasteiger partial charge in [0.1, 0.15) is 11.4 Å². The number of aromatic nitrogens is 3. The molecule has 6 heteroatoms. The van der Waals surface area contributed by atoms with E-state index in [1.54, 1.807) is 11.7 Å². The van der Waals surface area contributed by atoms with Crippen molar-refractivity contribution >= 4 is 5.91 Å². The second-order valence-electron chi connectivity index (χ2n) is 4.36. The Morgan fingerprint density at radius 2 is 2.16 bits per heavy atom. The molecule has 0 fully saturated rings. The number of aliphatic hydroxyl groups is 1. The van der Waals surface area contributed by atoms with Gasteiger partial charge >= 0.3 is 0 Å². The average molecular weight is 262 g/mol. The first-order valence-electron chi connectivity index (χ1n) is 6.24. The topological polar surface area (TPSA) is 72.1 Å². The van der Waals surface area contributed by atoms with Crippen LogP contribution in [0.2, 0.25) is 0 Å². The van der Waals surface area contributed by atoms with Gasteiger partial charge in [0.2, 0.25) is 0 Å². The molecule has 0 aromatic carbocycles. The van der Waals surface area contributed by atoms with Crippen LogP contribution in [-0.4, -0.2) is 38.0 Å². The van der Waals surface area contributed by atoms with E-state index in [1.165, 1.54) is 6.20 Å². The average Bonchev–Trinajstić information content (AvgIpc) is 3.04. The molecule has 0 bridgehead atoms. The second-order valence-corrected chi connectivity index (χ2v) is 4.36. The Morgan fingerprint density at radius 3 is 2.74 bits per heavy atom. The Morgan fingerprint density at radius 1 is 1.47 bits per heavy atom. The number of carbonyl (C=O) groups excluding carboxylic acids is 1. The Kier molecular flexibility index (Phi) is 4.01. The summed E-state index contributed by atoms with van der Waals surface area (Å²) in [5, 5.41) is 16.1. The van der Waals surface area contributed by atoms with E-state index in [1.807, 2.05) is 36.0 Å². The number of aliphatic hydroxyl groups excluding tert-OH is 1. The van der Waals surface area contributed by atoms with Crippen molar-refractivity contribution < 1.29 is 9.90 Å². The molecule has 2 aromatic rings. The summed E-state index contributed by atoms with van der Waals surface area (Å²) in [6, 6.07) is 3.54. The zero-order chi connectivity index (χ0) is 13.8. The quantitative estimate of drug-likeness (QED) is 0.833. The van der Waals surface area contributed by atoms with E-state index in [0.29, 0.717) is 17.8 Å². The van der Waals surface area contributed by atoms with E-state index in [2.05, 4.69) is 10.4 Å². The number of nitrogens with one attached hydrogen (secondary N) is 1. The largest absolute Gasteiger partial charge is 0.394 e. The molecule has 2 heterocycles. The molecule has 0 aliphatic carbocycles. The summed E-state index contributed by atoms with van der Waals surface area (Å²) in [7, 11) is 1.79. The van der Waals surface area contributed by atoms with Gasteiger partial charge < -0.3 is 15.0 Å². The standard InChI is InChI=1S/C13H18N4O2/c1-3-10(9-18)15-12(19)11-8-14-16(2)13(11)17-6-4-5-7-17/h4-8,10,18H,3,9H2,1-2H3,(H,15,19)/t10-/m1/s1. The summed E-state index contributed by atoms with van der Waals surface area (Å²) in [6.45, 7) is 1.85. The maximum absolute atomic E-state index is 12.2.